The van der Waals surface area contributed by atoms with Crippen molar-refractivity contribution in [3.63, 3.8) is 0 Å². The maximum absolute atomic E-state index is 11.9. The molecule has 2 amide bonds. The van der Waals surface area contributed by atoms with E-state index >= 15 is 0 Å². The van der Waals surface area contributed by atoms with Crippen LogP contribution in [0, 0.1) is 0 Å². The zero-order chi connectivity index (χ0) is 14.0. The topological polar surface area (TPSA) is 95.5 Å². The molecule has 1 unspecified atom stereocenters. The number of carboxylic acid groups (broad SMARTS) is 1. The molecular formula is C12H11ClN2O4. The Bertz CT molecular complexity index is 559. The number of hydrogen-bond acceptors (Lipinski definition) is 3. The highest BCUT2D eigenvalue weighted by molar-refractivity contribution is 6.34. The van der Waals surface area contributed by atoms with Gasteiger partial charge in [0.15, 0.2) is 0 Å². The second-order valence-corrected chi connectivity index (χ2v) is 4.52. The Morgan fingerprint density at radius 3 is 2.74 bits per heavy atom. The van der Waals surface area contributed by atoms with Gasteiger partial charge in [-0.15, -0.1) is 0 Å². The maximum atomic E-state index is 11.9. The molecular weight excluding hydrogens is 272 g/mol. The fourth-order valence-corrected chi connectivity index (χ4v) is 2.13. The summed E-state index contributed by atoms with van der Waals surface area (Å²) < 4.78 is 0. The number of hydrogen-bond donors (Lipinski definition) is 3. The molecule has 0 radical (unpaired) electrons. The van der Waals surface area contributed by atoms with Crippen LogP contribution in [0.2, 0.25) is 5.02 Å². The first-order valence-corrected chi connectivity index (χ1v) is 5.99. The van der Waals surface area contributed by atoms with E-state index in [4.69, 9.17) is 16.7 Å². The van der Waals surface area contributed by atoms with Crippen molar-refractivity contribution in [2.45, 2.75) is 18.9 Å². The number of rotatable bonds is 3. The number of aromatic carboxylic acids is 1. The van der Waals surface area contributed by atoms with E-state index in [9.17, 15) is 14.4 Å². The van der Waals surface area contributed by atoms with Crippen LogP contribution in [0.1, 0.15) is 23.2 Å². The van der Waals surface area contributed by atoms with E-state index < -0.39 is 17.9 Å². The fourth-order valence-electron chi connectivity index (χ4n) is 1.88. The van der Waals surface area contributed by atoms with E-state index in [-0.39, 0.29) is 22.2 Å². The molecule has 0 spiro atoms. The molecule has 19 heavy (non-hydrogen) atoms. The lowest BCUT2D eigenvalue weighted by atomic mass is 10.1. The van der Waals surface area contributed by atoms with Gasteiger partial charge in [0.05, 0.1) is 10.7 Å². The van der Waals surface area contributed by atoms with Crippen LogP contribution in [0.4, 0.5) is 5.69 Å². The van der Waals surface area contributed by atoms with Crippen molar-refractivity contribution in [1.29, 1.82) is 0 Å². The van der Waals surface area contributed by atoms with E-state index in [2.05, 4.69) is 10.6 Å². The molecule has 1 aromatic carbocycles. The van der Waals surface area contributed by atoms with E-state index in [1.807, 2.05) is 0 Å². The van der Waals surface area contributed by atoms with Crippen molar-refractivity contribution in [1.82, 2.24) is 5.32 Å². The zero-order valence-electron chi connectivity index (χ0n) is 9.77. The lowest BCUT2D eigenvalue weighted by molar-refractivity contribution is -0.122. The van der Waals surface area contributed by atoms with Gasteiger partial charge in [0.1, 0.15) is 11.6 Å². The summed E-state index contributed by atoms with van der Waals surface area (Å²) in [6.45, 7) is 0. The predicted molar refractivity (Wildman–Crippen MR) is 68.2 cm³/mol. The highest BCUT2D eigenvalue weighted by Gasteiger charge is 2.28. The van der Waals surface area contributed by atoms with Crippen molar-refractivity contribution in [2.75, 3.05) is 5.32 Å². The molecule has 1 atom stereocenters. The van der Waals surface area contributed by atoms with Crippen LogP contribution in [0.3, 0.4) is 0 Å². The number of carboxylic acids is 1. The van der Waals surface area contributed by atoms with Crippen molar-refractivity contribution in [3.8, 4) is 0 Å². The van der Waals surface area contributed by atoms with E-state index in [0.29, 0.717) is 12.8 Å². The molecule has 1 heterocycles. The molecule has 0 saturated carbocycles. The monoisotopic (exact) mass is 282 g/mol. The predicted octanol–water partition coefficient (Wildman–Crippen LogP) is 1.26. The molecule has 2 rings (SSSR count). The van der Waals surface area contributed by atoms with Gasteiger partial charge in [-0.3, -0.25) is 9.59 Å². The Kier molecular flexibility index (Phi) is 3.71. The number of benzene rings is 1. The number of halogens is 1. The quantitative estimate of drug-likeness (QED) is 0.777. The zero-order valence-corrected chi connectivity index (χ0v) is 10.5. The van der Waals surface area contributed by atoms with Gasteiger partial charge in [0.25, 0.3) is 0 Å². The van der Waals surface area contributed by atoms with Gasteiger partial charge in [0.2, 0.25) is 11.8 Å². The smallest absolute Gasteiger partial charge is 0.339 e. The summed E-state index contributed by atoms with van der Waals surface area (Å²) in [7, 11) is 0. The van der Waals surface area contributed by atoms with Gasteiger partial charge in [-0.2, -0.15) is 0 Å². The minimum atomic E-state index is -1.23. The second kappa shape index (κ2) is 5.27. The Morgan fingerprint density at radius 1 is 1.42 bits per heavy atom. The number of amides is 2. The molecule has 3 N–H and O–H groups in total. The van der Waals surface area contributed by atoms with Gasteiger partial charge >= 0.3 is 5.97 Å². The van der Waals surface area contributed by atoms with Crippen LogP contribution < -0.4 is 10.6 Å². The summed E-state index contributed by atoms with van der Waals surface area (Å²) in [5, 5.41) is 14.1. The van der Waals surface area contributed by atoms with Gasteiger partial charge in [-0.05, 0) is 18.6 Å². The van der Waals surface area contributed by atoms with Crippen molar-refractivity contribution in [3.05, 3.63) is 28.8 Å². The molecule has 1 fully saturated rings. The summed E-state index contributed by atoms with van der Waals surface area (Å²) in [5.74, 6) is -1.86. The van der Waals surface area contributed by atoms with E-state index in [1.54, 1.807) is 0 Å². The van der Waals surface area contributed by atoms with Crippen LogP contribution in [-0.4, -0.2) is 28.9 Å². The lowest BCUT2D eigenvalue weighted by Crippen LogP contribution is -2.37. The second-order valence-electron chi connectivity index (χ2n) is 4.12. The van der Waals surface area contributed by atoms with E-state index in [1.165, 1.54) is 18.2 Å². The highest BCUT2D eigenvalue weighted by Crippen LogP contribution is 2.24. The Labute approximate surface area is 113 Å². The fraction of sp³-hybridized carbons (Fsp3) is 0.250. The summed E-state index contributed by atoms with van der Waals surface area (Å²) >= 11 is 5.79. The van der Waals surface area contributed by atoms with Gasteiger partial charge in [0, 0.05) is 6.42 Å². The van der Waals surface area contributed by atoms with Crippen molar-refractivity contribution in [2.24, 2.45) is 0 Å². The summed E-state index contributed by atoms with van der Waals surface area (Å²) in [6.07, 6.45) is 0.688. The summed E-state index contributed by atoms with van der Waals surface area (Å²) in [5.41, 5.74) is -0.0482. The lowest BCUT2D eigenvalue weighted by Gasteiger charge is -2.13. The highest BCUT2D eigenvalue weighted by atomic mass is 35.5. The maximum Gasteiger partial charge on any atom is 0.339 e. The Hall–Kier alpha value is -2.08. The number of carbonyl (C=O) groups excluding carboxylic acids is 2. The number of carbonyl (C=O) groups is 3. The number of nitrogens with one attached hydrogen (secondary N) is 2. The minimum Gasteiger partial charge on any atom is -0.478 e. The SMILES string of the molecule is O=C1CCC(C(=O)Nc2cccc(Cl)c2C(=O)O)N1. The summed E-state index contributed by atoms with van der Waals surface area (Å²) in [4.78, 5) is 34.0. The first-order valence-electron chi connectivity index (χ1n) is 5.61. The molecule has 0 bridgehead atoms. The molecule has 1 saturated heterocycles. The third kappa shape index (κ3) is 2.85. The van der Waals surface area contributed by atoms with Gasteiger partial charge in [-0.25, -0.2) is 4.79 Å². The van der Waals surface area contributed by atoms with Crippen molar-refractivity contribution >= 4 is 35.1 Å². The molecule has 6 nitrogen and oxygen atoms in total. The normalized spacial score (nSPS) is 17.9. The third-order valence-electron chi connectivity index (χ3n) is 2.80. The van der Waals surface area contributed by atoms with Crippen LogP contribution in [0.25, 0.3) is 0 Å². The number of anilines is 1. The molecule has 1 aliphatic heterocycles. The van der Waals surface area contributed by atoms with Gasteiger partial charge in [-0.1, -0.05) is 17.7 Å². The van der Waals surface area contributed by atoms with Crippen LogP contribution in [0.15, 0.2) is 18.2 Å². The Balaban J connectivity index is 2.19. The molecule has 1 aromatic rings. The molecule has 0 aliphatic carbocycles. The molecule has 100 valence electrons. The molecule has 1 aliphatic rings. The van der Waals surface area contributed by atoms with E-state index in [0.717, 1.165) is 0 Å². The third-order valence-corrected chi connectivity index (χ3v) is 3.11. The standard InChI is InChI=1S/C12H11ClN2O4/c13-6-2-1-3-7(10(6)12(18)19)15-11(17)8-4-5-9(16)14-8/h1-3,8H,4-5H2,(H,14,16)(H,15,17)(H,18,19). The van der Waals surface area contributed by atoms with Crippen LogP contribution in [0.5, 0.6) is 0 Å². The van der Waals surface area contributed by atoms with Crippen LogP contribution in [-0.2, 0) is 9.59 Å². The van der Waals surface area contributed by atoms with Crippen molar-refractivity contribution < 1.29 is 19.5 Å². The largest absolute Gasteiger partial charge is 0.478 e. The average molecular weight is 283 g/mol. The first kappa shape index (κ1) is 13.4. The minimum absolute atomic E-state index is 0.0424. The summed E-state index contributed by atoms with van der Waals surface area (Å²) in [6, 6.07) is 3.78. The molecule has 0 aromatic heterocycles. The average Bonchev–Trinajstić information content (AvgIpc) is 2.75. The van der Waals surface area contributed by atoms with Gasteiger partial charge < -0.3 is 15.7 Å². The molecule has 7 heteroatoms. The van der Waals surface area contributed by atoms with Crippen LogP contribution >= 0.6 is 11.6 Å². The first-order chi connectivity index (χ1) is 8.99. The Morgan fingerprint density at radius 2 is 2.16 bits per heavy atom.